The molecule has 0 aliphatic rings. The summed E-state index contributed by atoms with van der Waals surface area (Å²) >= 11 is 0. The lowest BCUT2D eigenvalue weighted by molar-refractivity contribution is -0.122. The molecule has 0 bridgehead atoms. The molecule has 2 aromatic rings. The zero-order valence-electron chi connectivity index (χ0n) is 13.4. The summed E-state index contributed by atoms with van der Waals surface area (Å²) in [4.78, 5) is 12.3. The van der Waals surface area contributed by atoms with E-state index >= 15 is 0 Å². The molecule has 0 fully saturated rings. The molecule has 22 heavy (non-hydrogen) atoms. The predicted octanol–water partition coefficient (Wildman–Crippen LogP) is 3.60. The minimum atomic E-state index is -0.586. The number of nitrogens with two attached hydrogens (primary N) is 1. The molecule has 0 saturated carbocycles. The summed E-state index contributed by atoms with van der Waals surface area (Å²) < 4.78 is 5.84. The Balaban J connectivity index is 2.09. The quantitative estimate of drug-likeness (QED) is 0.848. The van der Waals surface area contributed by atoms with Gasteiger partial charge in [-0.25, -0.2) is 0 Å². The molecule has 0 heterocycles. The maximum absolute atomic E-state index is 12.3. The van der Waals surface area contributed by atoms with Crippen LogP contribution in [0.1, 0.15) is 23.6 Å². The fourth-order valence-corrected chi connectivity index (χ4v) is 2.28. The van der Waals surface area contributed by atoms with Gasteiger partial charge in [0.05, 0.1) is 0 Å². The highest BCUT2D eigenvalue weighted by molar-refractivity contribution is 5.95. The van der Waals surface area contributed by atoms with Crippen LogP contribution in [0.15, 0.2) is 36.4 Å². The molecule has 0 aliphatic carbocycles. The number of hydrogen-bond acceptors (Lipinski definition) is 3. The molecular formula is C18H22N2O2. The van der Waals surface area contributed by atoms with Gasteiger partial charge in [0.15, 0.2) is 6.10 Å². The number of nitrogens with one attached hydrogen (secondary N) is 1. The van der Waals surface area contributed by atoms with Crippen molar-refractivity contribution >= 4 is 17.3 Å². The average Bonchev–Trinajstić information content (AvgIpc) is 2.45. The maximum Gasteiger partial charge on any atom is 0.265 e. The molecule has 0 unspecified atom stereocenters. The zero-order chi connectivity index (χ0) is 16.3. The van der Waals surface area contributed by atoms with Crippen molar-refractivity contribution in [1.82, 2.24) is 0 Å². The van der Waals surface area contributed by atoms with Crippen molar-refractivity contribution in [2.75, 3.05) is 11.1 Å². The van der Waals surface area contributed by atoms with Gasteiger partial charge in [-0.1, -0.05) is 18.2 Å². The van der Waals surface area contributed by atoms with Gasteiger partial charge in [0, 0.05) is 11.4 Å². The van der Waals surface area contributed by atoms with Crippen molar-refractivity contribution in [2.45, 2.75) is 33.8 Å². The maximum atomic E-state index is 12.3. The highest BCUT2D eigenvalue weighted by Gasteiger charge is 2.17. The molecule has 3 N–H and O–H groups in total. The summed E-state index contributed by atoms with van der Waals surface area (Å²) in [6.45, 7) is 7.59. The minimum Gasteiger partial charge on any atom is -0.480 e. The van der Waals surface area contributed by atoms with Gasteiger partial charge in [-0.15, -0.1) is 0 Å². The van der Waals surface area contributed by atoms with Gasteiger partial charge in [0.1, 0.15) is 5.75 Å². The van der Waals surface area contributed by atoms with E-state index in [9.17, 15) is 4.79 Å². The second-order valence-electron chi connectivity index (χ2n) is 5.54. The lowest BCUT2D eigenvalue weighted by Crippen LogP contribution is -2.30. The third-order valence-electron chi connectivity index (χ3n) is 3.58. The minimum absolute atomic E-state index is 0.185. The number of ether oxygens (including phenoxy) is 1. The van der Waals surface area contributed by atoms with Crippen molar-refractivity contribution in [3.8, 4) is 5.75 Å². The van der Waals surface area contributed by atoms with E-state index in [-0.39, 0.29) is 5.91 Å². The molecule has 1 amide bonds. The van der Waals surface area contributed by atoms with Crippen LogP contribution in [0.3, 0.4) is 0 Å². The molecule has 0 aromatic heterocycles. The average molecular weight is 298 g/mol. The van der Waals surface area contributed by atoms with Crippen LogP contribution in [0.2, 0.25) is 0 Å². The zero-order valence-corrected chi connectivity index (χ0v) is 13.4. The van der Waals surface area contributed by atoms with Gasteiger partial charge >= 0.3 is 0 Å². The standard InChI is InChI=1S/C18H22N2O2/c1-11-6-5-7-12(2)17(11)22-14(4)18(21)20-16-9-8-15(19)10-13(16)3/h5-10,14H,19H2,1-4H3,(H,20,21)/t14-/m1/s1. The van der Waals surface area contributed by atoms with E-state index < -0.39 is 6.10 Å². The molecule has 2 aromatic carbocycles. The first-order valence-electron chi connectivity index (χ1n) is 7.28. The van der Waals surface area contributed by atoms with Crippen LogP contribution < -0.4 is 15.8 Å². The fourth-order valence-electron chi connectivity index (χ4n) is 2.28. The summed E-state index contributed by atoms with van der Waals surface area (Å²) in [5.74, 6) is 0.578. The number of amides is 1. The Morgan fingerprint density at radius 2 is 1.73 bits per heavy atom. The highest BCUT2D eigenvalue weighted by Crippen LogP contribution is 2.24. The number of hydrogen-bond donors (Lipinski definition) is 2. The van der Waals surface area contributed by atoms with Crippen LogP contribution in [0.4, 0.5) is 11.4 Å². The van der Waals surface area contributed by atoms with Crippen molar-refractivity contribution in [3.63, 3.8) is 0 Å². The molecule has 2 rings (SSSR count). The first-order valence-corrected chi connectivity index (χ1v) is 7.28. The van der Waals surface area contributed by atoms with Crippen molar-refractivity contribution in [1.29, 1.82) is 0 Å². The predicted molar refractivity (Wildman–Crippen MR) is 90.2 cm³/mol. The van der Waals surface area contributed by atoms with E-state index in [1.165, 1.54) is 0 Å². The summed E-state index contributed by atoms with van der Waals surface area (Å²) in [6, 6.07) is 11.3. The van der Waals surface area contributed by atoms with Crippen LogP contribution in [0, 0.1) is 20.8 Å². The molecular weight excluding hydrogens is 276 g/mol. The van der Waals surface area contributed by atoms with Crippen molar-refractivity contribution in [2.24, 2.45) is 0 Å². The normalized spacial score (nSPS) is 11.8. The van der Waals surface area contributed by atoms with Gasteiger partial charge in [-0.2, -0.15) is 0 Å². The summed E-state index contributed by atoms with van der Waals surface area (Å²) in [5, 5.41) is 2.88. The van der Waals surface area contributed by atoms with E-state index in [2.05, 4.69) is 5.32 Å². The van der Waals surface area contributed by atoms with Crippen molar-refractivity contribution in [3.05, 3.63) is 53.1 Å². The van der Waals surface area contributed by atoms with Gasteiger partial charge in [0.25, 0.3) is 5.91 Å². The number of aryl methyl sites for hydroxylation is 3. The van der Waals surface area contributed by atoms with E-state index in [4.69, 9.17) is 10.5 Å². The lowest BCUT2D eigenvalue weighted by Gasteiger charge is -2.18. The first-order chi connectivity index (χ1) is 10.4. The van der Waals surface area contributed by atoms with Crippen LogP contribution in [-0.2, 0) is 4.79 Å². The second kappa shape index (κ2) is 6.52. The number of carbonyl (C=O) groups excluding carboxylic acids is 1. The monoisotopic (exact) mass is 298 g/mol. The highest BCUT2D eigenvalue weighted by atomic mass is 16.5. The molecule has 0 radical (unpaired) electrons. The van der Waals surface area contributed by atoms with Crippen LogP contribution >= 0.6 is 0 Å². The largest absolute Gasteiger partial charge is 0.480 e. The number of rotatable bonds is 4. The third-order valence-corrected chi connectivity index (χ3v) is 3.58. The Morgan fingerprint density at radius 3 is 2.32 bits per heavy atom. The molecule has 1 atom stereocenters. The van der Waals surface area contributed by atoms with E-state index in [0.717, 1.165) is 28.1 Å². The fraction of sp³-hybridized carbons (Fsp3) is 0.278. The summed E-state index contributed by atoms with van der Waals surface area (Å²) in [5.41, 5.74) is 10.1. The Kier molecular flexibility index (Phi) is 4.71. The lowest BCUT2D eigenvalue weighted by atomic mass is 10.1. The van der Waals surface area contributed by atoms with E-state index in [1.807, 2.05) is 45.0 Å². The van der Waals surface area contributed by atoms with Gasteiger partial charge in [0.2, 0.25) is 0 Å². The molecule has 0 aliphatic heterocycles. The Bertz CT molecular complexity index is 675. The SMILES string of the molecule is Cc1cc(N)ccc1NC(=O)[C@@H](C)Oc1c(C)cccc1C. The van der Waals surface area contributed by atoms with Crippen LogP contribution in [-0.4, -0.2) is 12.0 Å². The van der Waals surface area contributed by atoms with Gasteiger partial charge < -0.3 is 15.8 Å². The van der Waals surface area contributed by atoms with Gasteiger partial charge in [-0.3, -0.25) is 4.79 Å². The number of benzene rings is 2. The Labute approximate surface area is 131 Å². The third kappa shape index (κ3) is 3.58. The summed E-state index contributed by atoms with van der Waals surface area (Å²) in [6.07, 6.45) is -0.586. The summed E-state index contributed by atoms with van der Waals surface area (Å²) in [7, 11) is 0. The van der Waals surface area contributed by atoms with Crippen LogP contribution in [0.5, 0.6) is 5.75 Å². The molecule has 0 saturated heterocycles. The topological polar surface area (TPSA) is 64.3 Å². The number of para-hydroxylation sites is 1. The number of anilines is 2. The van der Waals surface area contributed by atoms with Gasteiger partial charge in [-0.05, 0) is 62.6 Å². The number of nitrogen functional groups attached to an aromatic ring is 1. The molecule has 4 nitrogen and oxygen atoms in total. The second-order valence-corrected chi connectivity index (χ2v) is 5.54. The molecule has 4 heteroatoms. The van der Waals surface area contributed by atoms with Crippen LogP contribution in [0.25, 0.3) is 0 Å². The smallest absolute Gasteiger partial charge is 0.265 e. The number of carbonyl (C=O) groups is 1. The Hall–Kier alpha value is -2.49. The molecule has 0 spiro atoms. The molecule has 116 valence electrons. The Morgan fingerprint density at radius 1 is 1.09 bits per heavy atom. The van der Waals surface area contributed by atoms with Crippen molar-refractivity contribution < 1.29 is 9.53 Å². The van der Waals surface area contributed by atoms with E-state index in [1.54, 1.807) is 19.1 Å². The van der Waals surface area contributed by atoms with E-state index in [0.29, 0.717) is 5.69 Å². The first kappa shape index (κ1) is 15.9.